The SMILES string of the molecule is CN(C)c1ccc2c(-c3ccc(C(=O)N4CCC(C(=O)ON5C(=O)CCC5=O)CC4)cc3C(=O)O)c3ccc(=[N+](C)C)cc-3oc2c1. The fraction of sp³-hybridized carbons (Fsp3) is 0.314. The predicted octanol–water partition coefficient (Wildman–Crippen LogP) is 3.46. The average Bonchev–Trinajstić information content (AvgIpc) is 3.38. The number of imide groups is 1. The zero-order valence-corrected chi connectivity index (χ0v) is 26.6. The number of amides is 3. The molecule has 2 aromatic carbocycles. The molecule has 2 aromatic rings. The van der Waals surface area contributed by atoms with Crippen LogP contribution in [0.1, 0.15) is 46.4 Å². The molecule has 0 bridgehead atoms. The third-order valence-corrected chi connectivity index (χ3v) is 8.79. The number of hydrogen-bond donors (Lipinski definition) is 1. The van der Waals surface area contributed by atoms with Crippen LogP contribution in [-0.2, 0) is 19.2 Å². The van der Waals surface area contributed by atoms with E-state index >= 15 is 0 Å². The first-order chi connectivity index (χ1) is 22.4. The molecular formula is C35H35N4O8+. The number of aromatic carboxylic acids is 1. The van der Waals surface area contributed by atoms with Gasteiger partial charge in [-0.15, -0.1) is 5.06 Å². The van der Waals surface area contributed by atoms with Crippen LogP contribution >= 0.6 is 0 Å². The lowest BCUT2D eigenvalue weighted by molar-refractivity contribution is -0.201. The van der Waals surface area contributed by atoms with Gasteiger partial charge in [-0.05, 0) is 48.7 Å². The normalized spacial score (nSPS) is 15.4. The molecule has 4 aliphatic rings. The lowest BCUT2D eigenvalue weighted by atomic mass is 9.89. The maximum Gasteiger partial charge on any atom is 0.336 e. The first-order valence-electron chi connectivity index (χ1n) is 15.4. The number of hydrogen-bond acceptors (Lipinski definition) is 8. The van der Waals surface area contributed by atoms with Gasteiger partial charge in [0.2, 0.25) is 5.36 Å². The summed E-state index contributed by atoms with van der Waals surface area (Å²) >= 11 is 0. The second-order valence-electron chi connectivity index (χ2n) is 12.3. The molecule has 1 aliphatic carbocycles. The van der Waals surface area contributed by atoms with Crippen molar-refractivity contribution in [2.45, 2.75) is 25.7 Å². The Morgan fingerprint density at radius 2 is 1.60 bits per heavy atom. The van der Waals surface area contributed by atoms with Crippen molar-refractivity contribution in [3.05, 3.63) is 71.1 Å². The molecule has 0 radical (unpaired) electrons. The van der Waals surface area contributed by atoms with E-state index in [0.29, 0.717) is 27.5 Å². The first kappa shape index (κ1) is 31.5. The van der Waals surface area contributed by atoms with Crippen LogP contribution in [0.3, 0.4) is 0 Å². The van der Waals surface area contributed by atoms with E-state index < -0.39 is 29.7 Å². The molecule has 12 nitrogen and oxygen atoms in total. The Kier molecular flexibility index (Phi) is 8.27. The monoisotopic (exact) mass is 639 g/mol. The van der Waals surface area contributed by atoms with Crippen LogP contribution in [0.15, 0.2) is 59.0 Å². The number of piperidine rings is 1. The molecule has 1 N–H and O–H groups in total. The van der Waals surface area contributed by atoms with Crippen molar-refractivity contribution in [2.75, 3.05) is 46.2 Å². The van der Waals surface area contributed by atoms with Gasteiger partial charge in [0.1, 0.15) is 25.4 Å². The molecular weight excluding hydrogens is 604 g/mol. The predicted molar refractivity (Wildman–Crippen MR) is 172 cm³/mol. The van der Waals surface area contributed by atoms with E-state index in [0.717, 1.165) is 22.0 Å². The highest BCUT2D eigenvalue weighted by molar-refractivity contribution is 6.09. The van der Waals surface area contributed by atoms with E-state index in [4.69, 9.17) is 9.25 Å². The second-order valence-corrected chi connectivity index (χ2v) is 12.3. The smallest absolute Gasteiger partial charge is 0.336 e. The highest BCUT2D eigenvalue weighted by Crippen LogP contribution is 2.42. The molecule has 0 aromatic heterocycles. The number of carbonyl (C=O) groups is 5. The summed E-state index contributed by atoms with van der Waals surface area (Å²) in [5.41, 5.74) is 3.55. The molecule has 2 fully saturated rings. The molecule has 3 aliphatic heterocycles. The van der Waals surface area contributed by atoms with Crippen molar-refractivity contribution in [1.82, 2.24) is 14.5 Å². The summed E-state index contributed by atoms with van der Waals surface area (Å²) in [5.74, 6) is -3.30. The van der Waals surface area contributed by atoms with Gasteiger partial charge in [0.25, 0.3) is 17.7 Å². The lowest BCUT2D eigenvalue weighted by Gasteiger charge is -2.31. The standard InChI is InChI=1S/C35H34N4O8/c1-36(2)22-6-9-25-28(18-22)46-29-19-23(37(3)4)7-10-26(29)32(25)24-8-5-21(17-27(24)34(43)44)33(42)38-15-13-20(14-16-38)35(45)47-39-30(40)11-12-31(39)41/h5-10,17-20H,11-16H2,1-4H3/p+1. The number of rotatable bonds is 6. The zero-order valence-electron chi connectivity index (χ0n) is 26.6. The molecule has 3 heterocycles. The number of carbonyl (C=O) groups excluding carboxylic acids is 4. The van der Waals surface area contributed by atoms with Gasteiger partial charge in [-0.2, -0.15) is 0 Å². The third-order valence-electron chi connectivity index (χ3n) is 8.79. The summed E-state index contributed by atoms with van der Waals surface area (Å²) in [4.78, 5) is 71.2. The summed E-state index contributed by atoms with van der Waals surface area (Å²) in [6.45, 7) is 0.449. The van der Waals surface area contributed by atoms with Crippen LogP contribution in [0.5, 0.6) is 0 Å². The van der Waals surface area contributed by atoms with Crippen molar-refractivity contribution >= 4 is 46.3 Å². The van der Waals surface area contributed by atoms with Crippen molar-refractivity contribution in [1.29, 1.82) is 0 Å². The van der Waals surface area contributed by atoms with Crippen LogP contribution in [0.4, 0.5) is 5.69 Å². The number of likely N-dealkylation sites (tertiary alicyclic amines) is 1. The number of nitrogens with zero attached hydrogens (tertiary/aromatic N) is 4. The van der Waals surface area contributed by atoms with Crippen molar-refractivity contribution in [2.24, 2.45) is 5.92 Å². The van der Waals surface area contributed by atoms with Gasteiger partial charge in [0.15, 0.2) is 0 Å². The number of anilines is 1. The van der Waals surface area contributed by atoms with Gasteiger partial charge in [0, 0.05) is 79.9 Å². The lowest BCUT2D eigenvalue weighted by Crippen LogP contribution is -2.42. The minimum absolute atomic E-state index is 0.0109. The highest BCUT2D eigenvalue weighted by atomic mass is 16.7. The van der Waals surface area contributed by atoms with Gasteiger partial charge in [-0.25, -0.2) is 14.2 Å². The summed E-state index contributed by atoms with van der Waals surface area (Å²) in [6, 6.07) is 16.2. The minimum Gasteiger partial charge on any atom is -0.478 e. The number of benzene rings is 3. The molecule has 0 saturated carbocycles. The molecule has 6 rings (SSSR count). The first-order valence-corrected chi connectivity index (χ1v) is 15.4. The highest BCUT2D eigenvalue weighted by Gasteiger charge is 2.36. The van der Waals surface area contributed by atoms with Crippen LogP contribution in [0, 0.1) is 5.92 Å². The number of hydroxylamine groups is 2. The Labute approximate surface area is 270 Å². The topological polar surface area (TPSA) is 141 Å². The molecule has 2 saturated heterocycles. The van der Waals surface area contributed by atoms with E-state index in [1.807, 2.05) is 74.1 Å². The van der Waals surface area contributed by atoms with E-state index in [1.54, 1.807) is 17.0 Å². The Hall–Kier alpha value is -5.52. The number of carboxylic acid groups (broad SMARTS) is 1. The van der Waals surface area contributed by atoms with Crippen molar-refractivity contribution in [3.63, 3.8) is 0 Å². The Morgan fingerprint density at radius 1 is 0.915 bits per heavy atom. The maximum absolute atomic E-state index is 13.6. The molecule has 3 amide bonds. The van der Waals surface area contributed by atoms with Gasteiger partial charge < -0.3 is 24.2 Å². The quantitative estimate of drug-likeness (QED) is 0.191. The summed E-state index contributed by atoms with van der Waals surface area (Å²) in [6.07, 6.45) is 0.577. The molecule has 47 heavy (non-hydrogen) atoms. The van der Waals surface area contributed by atoms with Crippen LogP contribution in [0.2, 0.25) is 0 Å². The fourth-order valence-electron chi connectivity index (χ4n) is 6.11. The summed E-state index contributed by atoms with van der Waals surface area (Å²) in [7, 11) is 7.72. The summed E-state index contributed by atoms with van der Waals surface area (Å²) in [5, 5.41) is 12.6. The molecule has 0 spiro atoms. The maximum atomic E-state index is 13.6. The Morgan fingerprint density at radius 3 is 2.23 bits per heavy atom. The summed E-state index contributed by atoms with van der Waals surface area (Å²) < 4.78 is 8.33. The second kappa shape index (κ2) is 12.3. The van der Waals surface area contributed by atoms with Crippen LogP contribution < -0.4 is 14.8 Å². The Balaban J connectivity index is 1.32. The van der Waals surface area contributed by atoms with Gasteiger partial charge in [-0.3, -0.25) is 14.4 Å². The molecule has 0 unspecified atom stereocenters. The molecule has 12 heteroatoms. The zero-order chi connectivity index (χ0) is 33.6. The molecule has 242 valence electrons. The van der Waals surface area contributed by atoms with E-state index in [9.17, 15) is 29.1 Å². The van der Waals surface area contributed by atoms with E-state index in [-0.39, 0.29) is 55.8 Å². The van der Waals surface area contributed by atoms with Gasteiger partial charge in [0.05, 0.1) is 17.5 Å². The van der Waals surface area contributed by atoms with Gasteiger partial charge >= 0.3 is 11.9 Å². The number of carboxylic acids is 1. The van der Waals surface area contributed by atoms with Gasteiger partial charge in [-0.1, -0.05) is 6.07 Å². The van der Waals surface area contributed by atoms with E-state index in [1.165, 1.54) is 6.07 Å². The fourth-order valence-corrected chi connectivity index (χ4v) is 6.11. The third kappa shape index (κ3) is 5.94. The largest absolute Gasteiger partial charge is 0.478 e. The minimum atomic E-state index is -1.18. The van der Waals surface area contributed by atoms with E-state index in [2.05, 4.69) is 0 Å². The van der Waals surface area contributed by atoms with Crippen LogP contribution in [0.25, 0.3) is 33.4 Å². The average molecular weight is 640 g/mol. The number of fused-ring (bicyclic) bond motifs is 2. The molecule has 0 atom stereocenters. The van der Waals surface area contributed by atoms with Crippen molar-refractivity contribution < 1.29 is 38.3 Å². The van der Waals surface area contributed by atoms with Crippen LogP contribution in [-0.4, -0.2) is 86.0 Å². The Bertz CT molecular complexity index is 1980. The van der Waals surface area contributed by atoms with Crippen molar-refractivity contribution in [3.8, 4) is 22.5 Å².